The Balaban J connectivity index is 0.000000191. The molecule has 2 fully saturated rings. The van der Waals surface area contributed by atoms with E-state index in [1.165, 1.54) is 39.2 Å². The van der Waals surface area contributed by atoms with E-state index in [1.807, 2.05) is 36.4 Å². The monoisotopic (exact) mass is 720 g/mol. The molecule has 0 atom stereocenters. The average Bonchev–Trinajstić information content (AvgIpc) is 3.80. The fourth-order valence-electron chi connectivity index (χ4n) is 5.61. The summed E-state index contributed by atoms with van der Waals surface area (Å²) in [7, 11) is 0. The molecule has 2 aliphatic rings. The van der Waals surface area contributed by atoms with E-state index in [9.17, 15) is 14.4 Å². The molecular weight excluding hydrogens is 679 g/mol. The van der Waals surface area contributed by atoms with E-state index in [0.29, 0.717) is 16.7 Å². The van der Waals surface area contributed by atoms with Gasteiger partial charge in [-0.3, -0.25) is 19.7 Å². The molecule has 4 aromatic rings. The molecule has 2 aromatic heterocycles. The lowest BCUT2D eigenvalue weighted by molar-refractivity contribution is -0.156. The van der Waals surface area contributed by atoms with Crippen molar-refractivity contribution in [2.24, 2.45) is 0 Å². The van der Waals surface area contributed by atoms with Crippen molar-refractivity contribution in [1.82, 2.24) is 19.9 Å². The maximum absolute atomic E-state index is 11.3. The lowest BCUT2D eigenvalue weighted by Gasteiger charge is -2.21. The molecular formula is C36H42Cl2N8O4. The van der Waals surface area contributed by atoms with Gasteiger partial charge in [-0.1, -0.05) is 83.9 Å². The van der Waals surface area contributed by atoms with Crippen LogP contribution in [0.4, 0.5) is 23.5 Å². The number of anilines is 4. The van der Waals surface area contributed by atoms with Gasteiger partial charge in [-0.05, 0) is 36.8 Å². The fraction of sp³-hybridized carbons (Fsp3) is 0.361. The van der Waals surface area contributed by atoms with Crippen molar-refractivity contribution in [2.45, 2.75) is 59.3 Å². The quantitative estimate of drug-likeness (QED) is 0.126. The second-order valence-electron chi connectivity index (χ2n) is 11.8. The second-order valence-corrected chi connectivity index (χ2v) is 12.5. The first-order chi connectivity index (χ1) is 24.0. The number of ether oxygens (including phenoxy) is 1. The molecule has 0 bridgehead atoms. The number of aromatic nitrogens is 4. The number of nitrogens with two attached hydrogens (primary N) is 1. The second kappa shape index (κ2) is 18.8. The van der Waals surface area contributed by atoms with Crippen molar-refractivity contribution in [3.63, 3.8) is 0 Å². The van der Waals surface area contributed by atoms with Crippen LogP contribution in [-0.2, 0) is 32.0 Å². The van der Waals surface area contributed by atoms with Gasteiger partial charge in [0.1, 0.15) is 21.9 Å². The van der Waals surface area contributed by atoms with Crippen LogP contribution >= 0.6 is 23.2 Å². The number of rotatable bonds is 7. The van der Waals surface area contributed by atoms with Gasteiger partial charge < -0.3 is 20.3 Å². The van der Waals surface area contributed by atoms with Gasteiger partial charge in [-0.25, -0.2) is 9.97 Å². The van der Waals surface area contributed by atoms with Gasteiger partial charge in [0.25, 0.3) is 0 Å². The molecule has 0 radical (unpaired) electrons. The maximum atomic E-state index is 11.3. The van der Waals surface area contributed by atoms with E-state index in [0.717, 1.165) is 73.8 Å². The zero-order valence-electron chi connectivity index (χ0n) is 28.5. The molecule has 0 unspecified atom stereocenters. The van der Waals surface area contributed by atoms with Crippen molar-refractivity contribution in [3.8, 4) is 0 Å². The van der Waals surface area contributed by atoms with Gasteiger partial charge >= 0.3 is 11.9 Å². The van der Waals surface area contributed by atoms with Crippen LogP contribution in [0, 0.1) is 0 Å². The van der Waals surface area contributed by atoms with E-state index in [2.05, 4.69) is 64.1 Å². The topological polar surface area (TPSA) is 157 Å². The summed E-state index contributed by atoms with van der Waals surface area (Å²) < 4.78 is 3.97. The predicted molar refractivity (Wildman–Crippen MR) is 197 cm³/mol. The molecule has 0 saturated carbocycles. The number of benzene rings is 2. The normalized spacial score (nSPS) is 13.5. The third-order valence-corrected chi connectivity index (χ3v) is 8.35. The Bertz CT molecular complexity index is 1740. The molecule has 4 heterocycles. The summed E-state index contributed by atoms with van der Waals surface area (Å²) >= 11 is 12.7. The number of nitrogens with one attached hydrogen (secondary N) is 1. The van der Waals surface area contributed by atoms with Gasteiger partial charge in [0.15, 0.2) is 0 Å². The summed E-state index contributed by atoms with van der Waals surface area (Å²) in [4.78, 5) is 52.7. The molecule has 14 heteroatoms. The van der Waals surface area contributed by atoms with E-state index < -0.39 is 11.9 Å². The number of carbonyl (C=O) groups is 3. The number of esters is 2. The minimum absolute atomic E-state index is 0.204. The standard InChI is InChI=1S/C17H19ClN4O.C15H17ClN4.C4H6O3/c1-12(23)19-17-20-15(18)14(11-13-7-3-2-4-8-13)16(21-17)22-9-5-6-10-22;16-13-12(10-11-6-2-1-3-7-11)14(19-15(17)18-13)20-8-4-5-9-20;1-3(5)7-4(2)6/h2-4,7-8H,5-6,9-11H2,1H3,(H,19,20,21,23);1-3,6-7H,4-5,8-10H2,(H2,17,18,19);1-2H3. The number of hydrogen-bond donors (Lipinski definition) is 2. The van der Waals surface area contributed by atoms with Gasteiger partial charge in [-0.2, -0.15) is 9.97 Å². The molecule has 3 N–H and O–H groups in total. The summed E-state index contributed by atoms with van der Waals surface area (Å²) in [6.07, 6.45) is 6.06. The Hall–Kier alpha value is -4.81. The number of halogens is 2. The highest BCUT2D eigenvalue weighted by Gasteiger charge is 2.23. The molecule has 0 spiro atoms. The highest BCUT2D eigenvalue weighted by molar-refractivity contribution is 6.31. The van der Waals surface area contributed by atoms with Crippen molar-refractivity contribution in [3.05, 3.63) is 93.2 Å². The van der Waals surface area contributed by atoms with Gasteiger partial charge in [0.05, 0.1) is 0 Å². The lowest BCUT2D eigenvalue weighted by Crippen LogP contribution is -2.23. The first-order valence-electron chi connectivity index (χ1n) is 16.4. The zero-order chi connectivity index (χ0) is 36.0. The van der Waals surface area contributed by atoms with Gasteiger partial charge in [0.2, 0.25) is 17.8 Å². The van der Waals surface area contributed by atoms with Crippen LogP contribution < -0.4 is 20.9 Å². The van der Waals surface area contributed by atoms with Crippen LogP contribution in [0.3, 0.4) is 0 Å². The third-order valence-electron chi connectivity index (χ3n) is 7.72. The largest absolute Gasteiger partial charge is 0.394 e. The molecule has 2 aliphatic heterocycles. The highest BCUT2D eigenvalue weighted by Crippen LogP contribution is 2.31. The fourth-order valence-corrected chi connectivity index (χ4v) is 6.08. The smallest absolute Gasteiger partial charge is 0.310 e. The average molecular weight is 722 g/mol. The summed E-state index contributed by atoms with van der Waals surface area (Å²) in [5.41, 5.74) is 9.99. The first-order valence-corrected chi connectivity index (χ1v) is 17.2. The van der Waals surface area contributed by atoms with E-state index >= 15 is 0 Å². The Labute approximate surface area is 302 Å². The summed E-state index contributed by atoms with van der Waals surface area (Å²) in [5.74, 6) is 0.901. The van der Waals surface area contributed by atoms with E-state index in [1.54, 1.807) is 0 Å². The van der Waals surface area contributed by atoms with Crippen molar-refractivity contribution < 1.29 is 19.1 Å². The number of carbonyl (C=O) groups excluding carboxylic acids is 3. The molecule has 0 aliphatic carbocycles. The van der Waals surface area contributed by atoms with Crippen molar-refractivity contribution in [2.75, 3.05) is 47.0 Å². The third kappa shape index (κ3) is 11.7. The van der Waals surface area contributed by atoms with Gasteiger partial charge in [0, 0.05) is 70.9 Å². The number of nitrogen functional groups attached to an aromatic ring is 1. The molecule has 6 rings (SSSR count). The van der Waals surface area contributed by atoms with E-state index in [4.69, 9.17) is 28.9 Å². The van der Waals surface area contributed by atoms with Crippen molar-refractivity contribution in [1.29, 1.82) is 0 Å². The number of amides is 1. The Morgan fingerprint density at radius 2 is 1.10 bits per heavy atom. The summed E-state index contributed by atoms with van der Waals surface area (Å²) in [6.45, 7) is 7.72. The van der Waals surface area contributed by atoms with Crippen LogP contribution in [-0.4, -0.2) is 64.0 Å². The molecule has 2 aromatic carbocycles. The summed E-state index contributed by atoms with van der Waals surface area (Å²) in [5, 5.41) is 3.49. The van der Waals surface area contributed by atoms with Crippen LogP contribution in [0.5, 0.6) is 0 Å². The van der Waals surface area contributed by atoms with Gasteiger partial charge in [-0.15, -0.1) is 0 Å². The van der Waals surface area contributed by atoms with Crippen LogP contribution in [0.15, 0.2) is 60.7 Å². The summed E-state index contributed by atoms with van der Waals surface area (Å²) in [6, 6.07) is 20.3. The molecule has 1 amide bonds. The van der Waals surface area contributed by atoms with E-state index in [-0.39, 0.29) is 17.8 Å². The Morgan fingerprint density at radius 1 is 0.680 bits per heavy atom. The Morgan fingerprint density at radius 3 is 1.50 bits per heavy atom. The van der Waals surface area contributed by atoms with Crippen LogP contribution in [0.2, 0.25) is 10.3 Å². The van der Waals surface area contributed by atoms with Crippen LogP contribution in [0.1, 0.15) is 68.7 Å². The lowest BCUT2D eigenvalue weighted by atomic mass is 10.1. The SMILES string of the molecule is CC(=O)Nc1nc(Cl)c(Cc2ccccc2)c(N2CCCC2)n1.CC(=O)OC(C)=O.Nc1nc(Cl)c(Cc2ccccc2)c(N2CCCC2)n1. The Kier molecular flexibility index (Phi) is 14.3. The highest BCUT2D eigenvalue weighted by atomic mass is 35.5. The minimum Gasteiger partial charge on any atom is -0.394 e. The van der Waals surface area contributed by atoms with Crippen molar-refractivity contribution >= 4 is 64.6 Å². The maximum Gasteiger partial charge on any atom is 0.310 e. The number of hydrogen-bond acceptors (Lipinski definition) is 11. The molecule has 2 saturated heterocycles. The zero-order valence-corrected chi connectivity index (χ0v) is 30.0. The first kappa shape index (κ1) is 38.0. The molecule has 264 valence electrons. The molecule has 50 heavy (non-hydrogen) atoms. The predicted octanol–water partition coefficient (Wildman–Crippen LogP) is 6.28. The minimum atomic E-state index is -0.562. The van der Waals surface area contributed by atoms with Crippen LogP contribution in [0.25, 0.3) is 0 Å². The molecule has 12 nitrogen and oxygen atoms in total. The number of nitrogens with zero attached hydrogens (tertiary/aromatic N) is 6.